The Bertz CT molecular complexity index is 514. The third kappa shape index (κ3) is 6.53. The third-order valence-electron chi connectivity index (χ3n) is 2.94. The second-order valence-electron chi connectivity index (χ2n) is 4.70. The van der Waals surface area contributed by atoms with Crippen LogP contribution in [0.4, 0.5) is 0 Å². The average molecular weight is 324 g/mol. The van der Waals surface area contributed by atoms with Crippen molar-refractivity contribution in [3.8, 4) is 0 Å². The minimum Gasteiger partial charge on any atom is -0.480 e. The molecule has 1 rings (SSSR count). The average Bonchev–Trinajstić information content (AvgIpc) is 3.01. The second kappa shape index (κ2) is 9.73. The number of rotatable bonds is 10. The van der Waals surface area contributed by atoms with Gasteiger partial charge in [0.1, 0.15) is 6.04 Å². The normalized spacial score (nSPS) is 11.5. The van der Waals surface area contributed by atoms with E-state index in [1.165, 1.54) is 11.3 Å². The second-order valence-corrected chi connectivity index (χ2v) is 5.48. The molecule has 1 heterocycles. The van der Waals surface area contributed by atoms with Crippen LogP contribution in [0.15, 0.2) is 29.5 Å². The summed E-state index contributed by atoms with van der Waals surface area (Å²) in [5.74, 6) is -1.56. The summed E-state index contributed by atoms with van der Waals surface area (Å²) in [5, 5.41) is 17.7. The minimum absolute atomic E-state index is 0.168. The number of carboxylic acid groups (broad SMARTS) is 1. The number of carboxylic acids is 1. The molecule has 0 aliphatic heterocycles. The largest absolute Gasteiger partial charge is 0.480 e. The molecular formula is C15H20N2O4S. The van der Waals surface area contributed by atoms with E-state index in [4.69, 9.17) is 5.11 Å². The lowest BCUT2D eigenvalue weighted by Gasteiger charge is -2.13. The smallest absolute Gasteiger partial charge is 0.326 e. The van der Waals surface area contributed by atoms with E-state index >= 15 is 0 Å². The van der Waals surface area contributed by atoms with E-state index in [-0.39, 0.29) is 18.2 Å². The highest BCUT2D eigenvalue weighted by Gasteiger charge is 2.18. The SMILES string of the molecule is C=CCCC(NC(=O)CCCNC(=O)c1ccsc1)C(=O)O. The summed E-state index contributed by atoms with van der Waals surface area (Å²) in [6.45, 7) is 3.89. The number of nitrogens with one attached hydrogen (secondary N) is 2. The van der Waals surface area contributed by atoms with Crippen LogP contribution in [0.5, 0.6) is 0 Å². The van der Waals surface area contributed by atoms with Gasteiger partial charge >= 0.3 is 5.97 Å². The standard InChI is InChI=1S/C15H20N2O4S/c1-2-3-5-12(15(20)21)17-13(18)6-4-8-16-14(19)11-7-9-22-10-11/h2,7,9-10,12H,1,3-6,8H2,(H,16,19)(H,17,18)(H,20,21). The van der Waals surface area contributed by atoms with Crippen molar-refractivity contribution in [1.82, 2.24) is 10.6 Å². The number of carbonyl (C=O) groups excluding carboxylic acids is 2. The first-order chi connectivity index (χ1) is 10.5. The summed E-state index contributed by atoms with van der Waals surface area (Å²) in [6.07, 6.45) is 3.08. The van der Waals surface area contributed by atoms with E-state index < -0.39 is 12.0 Å². The molecule has 1 aromatic heterocycles. The first-order valence-electron chi connectivity index (χ1n) is 6.98. The molecule has 0 aromatic carbocycles. The van der Waals surface area contributed by atoms with Gasteiger partial charge in [-0.3, -0.25) is 9.59 Å². The van der Waals surface area contributed by atoms with Gasteiger partial charge in [-0.25, -0.2) is 4.79 Å². The van der Waals surface area contributed by atoms with Crippen LogP contribution in [0.3, 0.4) is 0 Å². The van der Waals surface area contributed by atoms with Gasteiger partial charge in [0, 0.05) is 23.9 Å². The van der Waals surface area contributed by atoms with E-state index in [0.29, 0.717) is 31.4 Å². The molecule has 1 aromatic rings. The molecule has 0 saturated heterocycles. The number of carbonyl (C=O) groups is 3. The first-order valence-corrected chi connectivity index (χ1v) is 7.92. The van der Waals surface area contributed by atoms with Gasteiger partial charge in [-0.2, -0.15) is 11.3 Å². The van der Waals surface area contributed by atoms with Crippen molar-refractivity contribution < 1.29 is 19.5 Å². The Morgan fingerprint density at radius 2 is 2.18 bits per heavy atom. The lowest BCUT2D eigenvalue weighted by atomic mass is 10.1. The number of aliphatic carboxylic acids is 1. The van der Waals surface area contributed by atoms with Gasteiger partial charge in [0.05, 0.1) is 0 Å². The molecule has 0 radical (unpaired) electrons. The van der Waals surface area contributed by atoms with Gasteiger partial charge < -0.3 is 15.7 Å². The van der Waals surface area contributed by atoms with Crippen molar-refractivity contribution in [2.45, 2.75) is 31.7 Å². The van der Waals surface area contributed by atoms with Crippen molar-refractivity contribution >= 4 is 29.1 Å². The van der Waals surface area contributed by atoms with E-state index in [0.717, 1.165) is 0 Å². The van der Waals surface area contributed by atoms with E-state index in [9.17, 15) is 14.4 Å². The number of thiophene rings is 1. The Balaban J connectivity index is 2.23. The highest BCUT2D eigenvalue weighted by molar-refractivity contribution is 7.08. The van der Waals surface area contributed by atoms with Crippen LogP contribution in [-0.4, -0.2) is 35.5 Å². The summed E-state index contributed by atoms with van der Waals surface area (Å²) in [6, 6.07) is 0.829. The number of amides is 2. The summed E-state index contributed by atoms with van der Waals surface area (Å²) < 4.78 is 0. The van der Waals surface area contributed by atoms with Crippen molar-refractivity contribution in [2.75, 3.05) is 6.54 Å². The van der Waals surface area contributed by atoms with E-state index in [1.54, 1.807) is 17.5 Å². The summed E-state index contributed by atoms with van der Waals surface area (Å²) in [4.78, 5) is 34.3. The molecule has 3 N–H and O–H groups in total. The van der Waals surface area contributed by atoms with Crippen molar-refractivity contribution in [2.24, 2.45) is 0 Å². The first kappa shape index (κ1) is 17.9. The predicted octanol–water partition coefficient (Wildman–Crippen LogP) is 1.79. The summed E-state index contributed by atoms with van der Waals surface area (Å²) in [5.41, 5.74) is 0.602. The molecule has 6 nitrogen and oxygen atoms in total. The monoisotopic (exact) mass is 324 g/mol. The Labute approximate surface area is 133 Å². The molecule has 2 amide bonds. The zero-order valence-electron chi connectivity index (χ0n) is 12.2. The highest BCUT2D eigenvalue weighted by Crippen LogP contribution is 2.05. The molecule has 0 aliphatic carbocycles. The van der Waals surface area contributed by atoms with Crippen LogP contribution in [-0.2, 0) is 9.59 Å². The van der Waals surface area contributed by atoms with Gasteiger partial charge in [0.15, 0.2) is 0 Å². The van der Waals surface area contributed by atoms with Gasteiger partial charge in [-0.1, -0.05) is 6.08 Å². The van der Waals surface area contributed by atoms with Gasteiger partial charge in [0.25, 0.3) is 5.91 Å². The number of allylic oxidation sites excluding steroid dienone is 1. The molecule has 0 bridgehead atoms. The number of hydrogen-bond acceptors (Lipinski definition) is 4. The van der Waals surface area contributed by atoms with Crippen molar-refractivity contribution in [3.05, 3.63) is 35.0 Å². The molecule has 1 unspecified atom stereocenters. The van der Waals surface area contributed by atoms with Crippen LogP contribution in [0, 0.1) is 0 Å². The molecule has 0 fully saturated rings. The van der Waals surface area contributed by atoms with Crippen molar-refractivity contribution in [3.63, 3.8) is 0 Å². The Kier molecular flexibility index (Phi) is 7.91. The molecule has 0 aliphatic rings. The number of hydrogen-bond donors (Lipinski definition) is 3. The van der Waals surface area contributed by atoms with E-state index in [2.05, 4.69) is 17.2 Å². The maximum Gasteiger partial charge on any atom is 0.326 e. The van der Waals surface area contributed by atoms with Crippen LogP contribution in [0.2, 0.25) is 0 Å². The summed E-state index contributed by atoms with van der Waals surface area (Å²) in [7, 11) is 0. The molecule has 22 heavy (non-hydrogen) atoms. The lowest BCUT2D eigenvalue weighted by Crippen LogP contribution is -2.40. The fourth-order valence-corrected chi connectivity index (χ4v) is 2.39. The zero-order chi connectivity index (χ0) is 16.4. The maximum absolute atomic E-state index is 11.7. The maximum atomic E-state index is 11.7. The quantitative estimate of drug-likeness (QED) is 0.452. The molecule has 0 saturated carbocycles. The van der Waals surface area contributed by atoms with Crippen molar-refractivity contribution in [1.29, 1.82) is 0 Å². The Morgan fingerprint density at radius 3 is 2.77 bits per heavy atom. The Hall–Kier alpha value is -2.15. The highest BCUT2D eigenvalue weighted by atomic mass is 32.1. The van der Waals surface area contributed by atoms with E-state index in [1.807, 2.05) is 5.38 Å². The third-order valence-corrected chi connectivity index (χ3v) is 3.63. The Morgan fingerprint density at radius 1 is 1.41 bits per heavy atom. The fraction of sp³-hybridized carbons (Fsp3) is 0.400. The lowest BCUT2D eigenvalue weighted by molar-refractivity contribution is -0.142. The van der Waals surface area contributed by atoms with Crippen LogP contribution < -0.4 is 10.6 Å². The zero-order valence-corrected chi connectivity index (χ0v) is 13.0. The summed E-state index contributed by atoms with van der Waals surface area (Å²) >= 11 is 1.44. The van der Waals surface area contributed by atoms with Crippen LogP contribution >= 0.6 is 11.3 Å². The van der Waals surface area contributed by atoms with Crippen LogP contribution in [0.1, 0.15) is 36.0 Å². The van der Waals surface area contributed by atoms with Crippen LogP contribution in [0.25, 0.3) is 0 Å². The molecular weight excluding hydrogens is 304 g/mol. The van der Waals surface area contributed by atoms with Gasteiger partial charge in [-0.05, 0) is 30.7 Å². The molecule has 1 atom stereocenters. The fourth-order valence-electron chi connectivity index (χ4n) is 1.75. The van der Waals surface area contributed by atoms with Gasteiger partial charge in [0.2, 0.25) is 5.91 Å². The molecule has 120 valence electrons. The molecule has 7 heteroatoms. The topological polar surface area (TPSA) is 95.5 Å². The minimum atomic E-state index is -1.05. The van der Waals surface area contributed by atoms with Gasteiger partial charge in [-0.15, -0.1) is 6.58 Å². The molecule has 0 spiro atoms. The predicted molar refractivity (Wildman–Crippen MR) is 84.9 cm³/mol.